The molecule has 4 aromatic carbocycles. The van der Waals surface area contributed by atoms with Crippen LogP contribution < -0.4 is 9.47 Å². The normalized spacial score (nSPS) is 11.7. The van der Waals surface area contributed by atoms with E-state index in [1.165, 1.54) is 175 Å². The van der Waals surface area contributed by atoms with Gasteiger partial charge in [0.1, 0.15) is 17.1 Å². The number of fused-ring (bicyclic) bond motifs is 9. The van der Waals surface area contributed by atoms with E-state index < -0.39 is 0 Å². The number of rotatable bonds is 0. The molecule has 0 saturated heterocycles. The zero-order valence-electron chi connectivity index (χ0n) is 96.5. The predicted molar refractivity (Wildman–Crippen MR) is 635 cm³/mol. The van der Waals surface area contributed by atoms with E-state index >= 15 is 0 Å². The maximum Gasteiger partial charge on any atom is 0.231 e. The van der Waals surface area contributed by atoms with Gasteiger partial charge in [0, 0.05) is 68.6 Å². The number of aliphatic imine (C=N–C) groups is 1. The minimum atomic E-state index is 0.360. The van der Waals surface area contributed by atoms with Gasteiger partial charge < -0.3 is 22.7 Å². The molecule has 784 valence electrons. The van der Waals surface area contributed by atoms with Crippen molar-refractivity contribution in [3.63, 3.8) is 0 Å². The Hall–Kier alpha value is -7.99. The zero-order chi connectivity index (χ0) is 107. The Morgan fingerprint density at radius 1 is 0.321 bits per heavy atom. The molecule has 8 aromatic heterocycles. The Kier molecular flexibility index (Phi) is 137. The number of hydrogen-bond donors (Lipinski definition) is 0. The Morgan fingerprint density at radius 2 is 0.810 bits per heavy atom. The first kappa shape index (κ1) is 152. The minimum Gasteiger partial charge on any atom is -0.469 e. The van der Waals surface area contributed by atoms with Crippen molar-refractivity contribution in [3.05, 3.63) is 258 Å². The summed E-state index contributed by atoms with van der Waals surface area (Å²) in [6, 6.07) is 42.3. The van der Waals surface area contributed by atoms with Gasteiger partial charge in [-0.15, -0.1) is 57.1 Å². The Labute approximate surface area is 867 Å². The van der Waals surface area contributed by atoms with Crippen molar-refractivity contribution >= 4 is 95.3 Å². The summed E-state index contributed by atoms with van der Waals surface area (Å²) in [4.78, 5) is 19.8. The fourth-order valence-electron chi connectivity index (χ4n) is 12.1. The lowest BCUT2D eigenvalue weighted by Crippen LogP contribution is -1.92. The number of oxazole rings is 1. The predicted octanol–water partition coefficient (Wildman–Crippen LogP) is 43.9. The summed E-state index contributed by atoms with van der Waals surface area (Å²) in [5.74, 6) is 5.25. The first-order valence-electron chi connectivity index (χ1n) is 54.6. The number of nitrogens with zero attached hydrogens (tertiary/aromatic N) is 6. The van der Waals surface area contributed by atoms with Gasteiger partial charge in [-0.3, -0.25) is 4.99 Å². The zero-order valence-corrected chi connectivity index (χ0v) is 101. The van der Waals surface area contributed by atoms with Crippen LogP contribution in [0.25, 0.3) is 32.0 Å². The molecule has 22 rings (SSSR count). The van der Waals surface area contributed by atoms with Crippen LogP contribution in [0.15, 0.2) is 231 Å². The molecule has 10 aliphatic rings. The number of benzene rings is 4. The molecule has 0 saturated carbocycles. The summed E-state index contributed by atoms with van der Waals surface area (Å²) < 4.78 is 28.3. The molecule has 0 N–H and O–H groups in total. The third kappa shape index (κ3) is 67.9. The van der Waals surface area contributed by atoms with Crippen LogP contribution in [0.1, 0.15) is 431 Å². The van der Waals surface area contributed by atoms with Crippen molar-refractivity contribution in [1.29, 1.82) is 0 Å². The summed E-state index contributed by atoms with van der Waals surface area (Å²) in [5.41, 5.74) is 19.0. The van der Waals surface area contributed by atoms with Crippen molar-refractivity contribution in [1.82, 2.24) is 25.1 Å². The topological polar surface area (TPSA) is 135 Å². The third-order valence-corrected chi connectivity index (χ3v) is 22.1. The molecule has 16 heteroatoms. The van der Waals surface area contributed by atoms with Crippen LogP contribution in [-0.2, 0) is 57.8 Å². The van der Waals surface area contributed by atoms with Crippen molar-refractivity contribution < 1.29 is 22.7 Å². The standard InChI is InChI=1S/C8H6N2.C8H6O.C8H6S.C8H10.C7H9N.C7H6O2.C7H8O.C7H8S.C6H7NO.C6H7NS.C5H5NS2.22C2H6/c1-2-4-8-7(3-1)5-6-9-10-8;2*1-2-4-8-7(3-1)5-6-9-8;1-3-7-5-2-6-8(7)4-1;1-2-6-4-5-8-7(6)3-1;1-2-4-7-6(3-1)8-5-9-7;2*1-2-6-4-5-8-7(6)3-1;2*1-2-5-6(3-1)8-4-7-5;1-2-7-5-4(1)6-3-8-5;22*1-2/h1-6H;2*1-6H;1,3H,2,4-6H2;5H,1-4H2;1-4H,5H2;2*4-5H,1-3H2;2*4H,1-3H2;3H,1-2H2;22*1-2H3. The van der Waals surface area contributed by atoms with Crippen molar-refractivity contribution in [2.45, 2.75) is 444 Å². The summed E-state index contributed by atoms with van der Waals surface area (Å²) >= 11 is 9.19. The molecule has 0 unspecified atom stereocenters. The second-order valence-electron chi connectivity index (χ2n) is 23.2. The Bertz CT molecular complexity index is 3790. The number of para-hydroxylation sites is 3. The summed E-state index contributed by atoms with van der Waals surface area (Å²) in [6.45, 7) is 88.4. The molecule has 11 heterocycles. The van der Waals surface area contributed by atoms with E-state index in [1.807, 2.05) is 430 Å². The van der Waals surface area contributed by atoms with Crippen LogP contribution in [-0.4, -0.2) is 43.9 Å². The van der Waals surface area contributed by atoms with Gasteiger partial charge in [-0.2, -0.15) is 10.2 Å². The highest BCUT2D eigenvalue weighted by molar-refractivity contribution is 8.01. The third-order valence-electron chi connectivity index (χ3n) is 17.0. The van der Waals surface area contributed by atoms with E-state index in [1.54, 1.807) is 79.9 Å². The molecule has 0 spiro atoms. The number of thiophene rings is 2. The van der Waals surface area contributed by atoms with E-state index in [2.05, 4.69) is 95.5 Å². The molecular formula is C121H210N6O5S5. The molecule has 0 amide bonds. The van der Waals surface area contributed by atoms with E-state index in [9.17, 15) is 0 Å². The highest BCUT2D eigenvalue weighted by Crippen LogP contribution is 2.36. The van der Waals surface area contributed by atoms with Gasteiger partial charge in [-0.1, -0.05) is 389 Å². The van der Waals surface area contributed by atoms with Crippen molar-refractivity contribution in [3.8, 4) is 11.5 Å². The smallest absolute Gasteiger partial charge is 0.231 e. The number of aromatic nitrogens is 5. The van der Waals surface area contributed by atoms with Crippen LogP contribution in [0.2, 0.25) is 0 Å². The van der Waals surface area contributed by atoms with Gasteiger partial charge in [0.05, 0.1) is 56.6 Å². The SMILES string of the molecule is C1=CC2=C(C1)CCC2.C1=NC2=C(C1)CCC2.CC.CC.CC.CC.CC.CC.CC.CC.CC.CC.CC.CC.CC.CC.CC.CC.CC.CC.CC.CC.CC.CC.c1cc2c(o1)CCC2.c1cc2c(s1)CCC2.c1ccc2c(c1)OCO2.c1ccc2nnccc2c1.c1ccc2occc2c1.c1ccc2sccc2c1.c1nc2c(o1)CCC2.c1nc2c(s1)CCC2.c1nc2c(s1)SCC2. The van der Waals surface area contributed by atoms with Crippen LogP contribution in [0.5, 0.6) is 11.5 Å². The number of hydrogen-bond acceptors (Lipinski definition) is 16. The van der Waals surface area contributed by atoms with Gasteiger partial charge in [0.25, 0.3) is 0 Å². The lowest BCUT2D eigenvalue weighted by molar-refractivity contribution is 0.174. The van der Waals surface area contributed by atoms with Crippen molar-refractivity contribution in [2.75, 3.05) is 12.5 Å². The first-order valence-corrected chi connectivity index (χ1v) is 59.1. The van der Waals surface area contributed by atoms with E-state index in [0.717, 1.165) is 64.8 Å². The second kappa shape index (κ2) is 124. The van der Waals surface area contributed by atoms with Gasteiger partial charge >= 0.3 is 0 Å². The number of aryl methyl sites for hydroxylation is 9. The van der Waals surface area contributed by atoms with Crippen LogP contribution in [0.3, 0.4) is 0 Å². The molecule has 11 nitrogen and oxygen atoms in total. The first-order chi connectivity index (χ1) is 68.1. The average molecular weight is 1990 g/mol. The number of ether oxygens (including phenoxy) is 2. The fourth-order valence-corrected chi connectivity index (χ4v) is 16.8. The van der Waals surface area contributed by atoms with E-state index in [4.69, 9.17) is 22.7 Å². The van der Waals surface area contributed by atoms with Crippen LogP contribution >= 0.6 is 57.1 Å². The number of thiazole rings is 2. The Balaban J connectivity index is -0.000000136. The van der Waals surface area contributed by atoms with E-state index in [0.29, 0.717) is 6.79 Å². The molecule has 12 aromatic rings. The Morgan fingerprint density at radius 3 is 1.37 bits per heavy atom. The molecule has 137 heavy (non-hydrogen) atoms. The largest absolute Gasteiger partial charge is 0.469 e. The summed E-state index contributed by atoms with van der Waals surface area (Å²) in [7, 11) is 0. The quantitative estimate of drug-likeness (QED) is 0.144. The molecule has 3 aliphatic heterocycles. The van der Waals surface area contributed by atoms with Gasteiger partial charge in [-0.25, -0.2) is 15.0 Å². The van der Waals surface area contributed by atoms with E-state index in [-0.39, 0.29) is 0 Å². The highest BCUT2D eigenvalue weighted by atomic mass is 32.2. The summed E-state index contributed by atoms with van der Waals surface area (Å²) in [5, 5.41) is 15.7. The van der Waals surface area contributed by atoms with Gasteiger partial charge in [0.2, 0.25) is 6.79 Å². The maximum atomic E-state index is 5.18. The molecule has 0 bridgehead atoms. The number of furan rings is 2. The number of allylic oxidation sites excluding steroid dienone is 6. The van der Waals surface area contributed by atoms with Crippen molar-refractivity contribution in [2.24, 2.45) is 4.99 Å². The second-order valence-corrected chi connectivity index (χ2v) is 28.3. The van der Waals surface area contributed by atoms with Gasteiger partial charge in [0.15, 0.2) is 17.9 Å². The molecule has 0 fully saturated rings. The maximum absolute atomic E-state index is 5.18. The van der Waals surface area contributed by atoms with Crippen LogP contribution in [0, 0.1) is 0 Å². The van der Waals surface area contributed by atoms with Crippen LogP contribution in [0.4, 0.5) is 0 Å². The molecule has 0 radical (unpaired) electrons. The minimum absolute atomic E-state index is 0.360. The fraction of sp³-hybridized carbons (Fsp3) is 0.554. The van der Waals surface area contributed by atoms with Gasteiger partial charge in [-0.05, 0) is 208 Å². The highest BCUT2D eigenvalue weighted by Gasteiger charge is 2.18. The lowest BCUT2D eigenvalue weighted by Gasteiger charge is -1.90. The number of thioether (sulfide) groups is 1. The average Bonchev–Trinajstić information content (AvgIpc) is 1.53. The monoisotopic (exact) mass is 1990 g/mol. The molecule has 7 aliphatic carbocycles. The lowest BCUT2D eigenvalue weighted by atomic mass is 10.2. The molecular weight excluding hydrogens is 1780 g/mol. The summed E-state index contributed by atoms with van der Waals surface area (Å²) in [6.07, 6.45) is 39.9. The molecule has 0 atom stereocenters.